The molecule has 1 amide bonds. The molecule has 2 rings (SSSR count). The van der Waals surface area contributed by atoms with E-state index in [-0.39, 0.29) is 21.1 Å². The van der Waals surface area contributed by atoms with E-state index in [1.54, 1.807) is 6.92 Å². The van der Waals surface area contributed by atoms with Crippen LogP contribution < -0.4 is 5.32 Å². The van der Waals surface area contributed by atoms with Gasteiger partial charge in [0.15, 0.2) is 0 Å². The number of aromatic amines is 1. The van der Waals surface area contributed by atoms with Gasteiger partial charge in [0.1, 0.15) is 18.0 Å². The Morgan fingerprint density at radius 3 is 2.95 bits per heavy atom. The van der Waals surface area contributed by atoms with E-state index < -0.39 is 11.7 Å². The van der Waals surface area contributed by atoms with Crippen molar-refractivity contribution in [2.75, 3.05) is 0 Å². The second-order valence-corrected chi connectivity index (χ2v) is 5.04. The summed E-state index contributed by atoms with van der Waals surface area (Å²) < 4.78 is 13.5. The SMILES string of the molecule is CC(NC(=O)c1cc(Cl)cc(F)c1Br)c1ncn[nH]1. The molecule has 0 radical (unpaired) electrons. The number of aromatic nitrogens is 3. The Labute approximate surface area is 121 Å². The van der Waals surface area contributed by atoms with Crippen LogP contribution in [0.15, 0.2) is 22.9 Å². The molecule has 0 spiro atoms. The molecule has 100 valence electrons. The highest BCUT2D eigenvalue weighted by Gasteiger charge is 2.18. The van der Waals surface area contributed by atoms with Gasteiger partial charge < -0.3 is 5.32 Å². The minimum Gasteiger partial charge on any atom is -0.342 e. The molecular weight excluding hydrogens is 339 g/mol. The van der Waals surface area contributed by atoms with Gasteiger partial charge in [-0.1, -0.05) is 11.6 Å². The lowest BCUT2D eigenvalue weighted by Crippen LogP contribution is -2.27. The first-order chi connectivity index (χ1) is 8.99. The predicted molar refractivity (Wildman–Crippen MR) is 71.4 cm³/mol. The van der Waals surface area contributed by atoms with Crippen LogP contribution in [0, 0.1) is 5.82 Å². The first-order valence-corrected chi connectivity index (χ1v) is 6.47. The summed E-state index contributed by atoms with van der Waals surface area (Å²) in [6.07, 6.45) is 1.34. The normalized spacial score (nSPS) is 12.2. The summed E-state index contributed by atoms with van der Waals surface area (Å²) in [5, 5.41) is 9.15. The molecule has 2 aromatic rings. The third kappa shape index (κ3) is 3.10. The number of amides is 1. The molecule has 1 aromatic heterocycles. The van der Waals surface area contributed by atoms with Crippen molar-refractivity contribution < 1.29 is 9.18 Å². The number of rotatable bonds is 3. The lowest BCUT2D eigenvalue weighted by Gasteiger charge is -2.12. The van der Waals surface area contributed by atoms with E-state index in [2.05, 4.69) is 36.4 Å². The molecular formula is C11H9BrClFN4O. The fourth-order valence-electron chi connectivity index (χ4n) is 1.49. The largest absolute Gasteiger partial charge is 0.342 e. The molecule has 0 aliphatic heterocycles. The van der Waals surface area contributed by atoms with E-state index in [1.165, 1.54) is 12.4 Å². The van der Waals surface area contributed by atoms with Gasteiger partial charge in [0.2, 0.25) is 0 Å². The molecule has 1 unspecified atom stereocenters. The molecule has 5 nitrogen and oxygen atoms in total. The summed E-state index contributed by atoms with van der Waals surface area (Å²) in [5.41, 5.74) is 0.122. The average Bonchev–Trinajstić information content (AvgIpc) is 2.87. The number of hydrogen-bond donors (Lipinski definition) is 2. The molecule has 0 fully saturated rings. The van der Waals surface area contributed by atoms with Gasteiger partial charge in [-0.25, -0.2) is 9.37 Å². The maximum atomic E-state index is 13.5. The topological polar surface area (TPSA) is 70.7 Å². The summed E-state index contributed by atoms with van der Waals surface area (Å²) in [4.78, 5) is 16.0. The lowest BCUT2D eigenvalue weighted by atomic mass is 10.2. The maximum Gasteiger partial charge on any atom is 0.253 e. The minimum absolute atomic E-state index is 0.0687. The van der Waals surface area contributed by atoms with Crippen LogP contribution in [0.25, 0.3) is 0 Å². The van der Waals surface area contributed by atoms with Crippen molar-refractivity contribution in [2.24, 2.45) is 0 Å². The molecule has 1 aromatic carbocycles. The molecule has 1 heterocycles. The number of hydrogen-bond acceptors (Lipinski definition) is 3. The monoisotopic (exact) mass is 346 g/mol. The fourth-order valence-corrected chi connectivity index (χ4v) is 2.10. The van der Waals surface area contributed by atoms with E-state index in [0.717, 1.165) is 6.07 Å². The Hall–Kier alpha value is -1.47. The summed E-state index contributed by atoms with van der Waals surface area (Å²) >= 11 is 8.76. The standard InChI is InChI=1S/C11H9BrClFN4O/c1-5(10-15-4-16-18-10)17-11(19)7-2-6(13)3-8(14)9(7)12/h2-5H,1H3,(H,17,19)(H,15,16,18). The average molecular weight is 348 g/mol. The molecule has 0 aliphatic rings. The van der Waals surface area contributed by atoms with Crippen LogP contribution in [0.3, 0.4) is 0 Å². The molecule has 19 heavy (non-hydrogen) atoms. The van der Waals surface area contributed by atoms with Crippen molar-refractivity contribution in [3.05, 3.63) is 45.2 Å². The second kappa shape index (κ2) is 5.66. The Balaban J connectivity index is 2.21. The van der Waals surface area contributed by atoms with Crippen LogP contribution >= 0.6 is 27.5 Å². The Kier molecular flexibility index (Phi) is 4.16. The van der Waals surface area contributed by atoms with E-state index in [1.807, 2.05) is 0 Å². The first kappa shape index (κ1) is 14.0. The van der Waals surface area contributed by atoms with E-state index in [9.17, 15) is 9.18 Å². The lowest BCUT2D eigenvalue weighted by molar-refractivity contribution is 0.0937. The predicted octanol–water partition coefficient (Wildman–Crippen LogP) is 2.85. The Morgan fingerprint density at radius 2 is 2.32 bits per heavy atom. The number of benzene rings is 1. The molecule has 0 aliphatic carbocycles. The summed E-state index contributed by atoms with van der Waals surface area (Å²) in [6, 6.07) is 2.13. The Morgan fingerprint density at radius 1 is 1.58 bits per heavy atom. The van der Waals surface area contributed by atoms with Gasteiger partial charge in [-0.15, -0.1) is 0 Å². The Bertz CT molecular complexity index is 605. The van der Waals surface area contributed by atoms with Crippen LogP contribution in [0.5, 0.6) is 0 Å². The fraction of sp³-hybridized carbons (Fsp3) is 0.182. The number of nitrogens with zero attached hydrogens (tertiary/aromatic N) is 2. The van der Waals surface area contributed by atoms with Gasteiger partial charge in [0.05, 0.1) is 16.1 Å². The highest BCUT2D eigenvalue weighted by Crippen LogP contribution is 2.25. The van der Waals surface area contributed by atoms with Crippen molar-refractivity contribution in [3.63, 3.8) is 0 Å². The second-order valence-electron chi connectivity index (χ2n) is 3.82. The zero-order valence-electron chi connectivity index (χ0n) is 9.75. The van der Waals surface area contributed by atoms with Crippen LogP contribution in [0.1, 0.15) is 29.1 Å². The quantitative estimate of drug-likeness (QED) is 0.839. The minimum atomic E-state index is -0.593. The smallest absolute Gasteiger partial charge is 0.253 e. The van der Waals surface area contributed by atoms with Gasteiger partial charge in [0.25, 0.3) is 5.91 Å². The summed E-state index contributed by atoms with van der Waals surface area (Å²) in [6.45, 7) is 1.73. The number of H-pyrrole nitrogens is 1. The van der Waals surface area contributed by atoms with Crippen molar-refractivity contribution in [3.8, 4) is 0 Å². The number of halogens is 3. The van der Waals surface area contributed by atoms with Crippen LogP contribution in [-0.4, -0.2) is 21.1 Å². The summed E-state index contributed by atoms with van der Waals surface area (Å²) in [7, 11) is 0. The van der Waals surface area contributed by atoms with Gasteiger partial charge in [0, 0.05) is 5.02 Å². The van der Waals surface area contributed by atoms with Crippen LogP contribution in [-0.2, 0) is 0 Å². The highest BCUT2D eigenvalue weighted by molar-refractivity contribution is 9.10. The van der Waals surface area contributed by atoms with Crippen molar-refractivity contribution >= 4 is 33.4 Å². The van der Waals surface area contributed by atoms with Gasteiger partial charge >= 0.3 is 0 Å². The van der Waals surface area contributed by atoms with Gasteiger partial charge in [-0.05, 0) is 35.0 Å². The number of nitrogens with one attached hydrogen (secondary N) is 2. The van der Waals surface area contributed by atoms with Crippen molar-refractivity contribution in [1.29, 1.82) is 0 Å². The summed E-state index contributed by atoms with van der Waals surface area (Å²) in [5.74, 6) is -0.547. The van der Waals surface area contributed by atoms with E-state index in [4.69, 9.17) is 11.6 Å². The van der Waals surface area contributed by atoms with Crippen molar-refractivity contribution in [2.45, 2.75) is 13.0 Å². The maximum absolute atomic E-state index is 13.5. The number of carbonyl (C=O) groups is 1. The van der Waals surface area contributed by atoms with Crippen LogP contribution in [0.2, 0.25) is 5.02 Å². The molecule has 2 N–H and O–H groups in total. The van der Waals surface area contributed by atoms with E-state index >= 15 is 0 Å². The molecule has 8 heteroatoms. The molecule has 0 saturated carbocycles. The zero-order valence-corrected chi connectivity index (χ0v) is 12.1. The first-order valence-electron chi connectivity index (χ1n) is 5.29. The van der Waals surface area contributed by atoms with Crippen molar-refractivity contribution in [1.82, 2.24) is 20.5 Å². The molecule has 0 saturated heterocycles. The van der Waals surface area contributed by atoms with Gasteiger partial charge in [-0.2, -0.15) is 5.10 Å². The molecule has 0 bridgehead atoms. The number of carbonyl (C=O) groups excluding carboxylic acids is 1. The van der Waals surface area contributed by atoms with E-state index in [0.29, 0.717) is 5.82 Å². The van der Waals surface area contributed by atoms with Gasteiger partial charge in [-0.3, -0.25) is 9.89 Å². The molecule has 1 atom stereocenters. The van der Waals surface area contributed by atoms with Crippen LogP contribution in [0.4, 0.5) is 4.39 Å². The third-order valence-corrected chi connectivity index (χ3v) is 3.45. The highest BCUT2D eigenvalue weighted by atomic mass is 79.9. The third-order valence-electron chi connectivity index (χ3n) is 2.43. The zero-order chi connectivity index (χ0) is 14.0.